The fourth-order valence-corrected chi connectivity index (χ4v) is 5.03. The molecule has 1 heterocycles. The van der Waals surface area contributed by atoms with Crippen LogP contribution in [0.3, 0.4) is 0 Å². The van der Waals surface area contributed by atoms with Gasteiger partial charge in [0, 0.05) is 5.56 Å². The van der Waals surface area contributed by atoms with E-state index in [1.807, 2.05) is 6.92 Å². The Hall–Kier alpha value is -0.960. The predicted octanol–water partition coefficient (Wildman–Crippen LogP) is 3.25. The Morgan fingerprint density at radius 2 is 2.05 bits per heavy atom. The molecule has 106 valence electrons. The number of sulfonamides is 1. The number of hydrogen-bond acceptors (Lipinski definition) is 4. The van der Waals surface area contributed by atoms with Crippen LogP contribution in [0.15, 0.2) is 38.3 Å². The molecule has 0 spiro atoms. The number of thiocarbonyl (C=S) groups is 1. The first-order valence-electron chi connectivity index (χ1n) is 5.49. The van der Waals surface area contributed by atoms with E-state index >= 15 is 0 Å². The molecule has 0 saturated heterocycles. The zero-order chi connectivity index (χ0) is 14.9. The fraction of sp³-hybridized carbons (Fsp3) is 0.0833. The summed E-state index contributed by atoms with van der Waals surface area (Å²) in [6.45, 7) is 1.84. The molecule has 0 bridgehead atoms. The SMILES string of the molecule is Cc1cc(S(=O)(=O)Nc2ccccc2C(N)=S)sc1Br. The molecule has 1 aromatic heterocycles. The van der Waals surface area contributed by atoms with Crippen LogP contribution in [0.5, 0.6) is 0 Å². The van der Waals surface area contributed by atoms with Gasteiger partial charge in [0.2, 0.25) is 0 Å². The summed E-state index contributed by atoms with van der Waals surface area (Å²) in [7, 11) is -3.65. The third-order valence-electron chi connectivity index (χ3n) is 2.54. The molecule has 0 aliphatic carbocycles. The van der Waals surface area contributed by atoms with Gasteiger partial charge in [-0.05, 0) is 46.6 Å². The van der Waals surface area contributed by atoms with Gasteiger partial charge < -0.3 is 5.73 Å². The van der Waals surface area contributed by atoms with Crippen LogP contribution >= 0.6 is 39.5 Å². The first kappa shape index (κ1) is 15.4. The van der Waals surface area contributed by atoms with Crippen LogP contribution in [-0.4, -0.2) is 13.4 Å². The Morgan fingerprint density at radius 1 is 1.40 bits per heavy atom. The van der Waals surface area contributed by atoms with Crippen LogP contribution in [-0.2, 0) is 10.0 Å². The van der Waals surface area contributed by atoms with Gasteiger partial charge in [0.25, 0.3) is 10.0 Å². The highest BCUT2D eigenvalue weighted by atomic mass is 79.9. The molecular formula is C12H11BrN2O2S3. The second-order valence-electron chi connectivity index (χ2n) is 4.04. The highest BCUT2D eigenvalue weighted by Crippen LogP contribution is 2.32. The molecule has 0 fully saturated rings. The van der Waals surface area contributed by atoms with E-state index in [2.05, 4.69) is 20.7 Å². The maximum Gasteiger partial charge on any atom is 0.271 e. The first-order valence-corrected chi connectivity index (χ1v) is 8.99. The van der Waals surface area contributed by atoms with Gasteiger partial charge >= 0.3 is 0 Å². The van der Waals surface area contributed by atoms with Gasteiger partial charge in [-0.25, -0.2) is 8.42 Å². The Bertz CT molecular complexity index is 749. The van der Waals surface area contributed by atoms with Crippen molar-refractivity contribution in [1.29, 1.82) is 0 Å². The van der Waals surface area contributed by atoms with Gasteiger partial charge in [-0.3, -0.25) is 4.72 Å². The third kappa shape index (κ3) is 3.20. The summed E-state index contributed by atoms with van der Waals surface area (Å²) in [5.41, 5.74) is 7.34. The first-order chi connectivity index (χ1) is 9.31. The molecule has 0 amide bonds. The largest absolute Gasteiger partial charge is 0.389 e. The van der Waals surface area contributed by atoms with Crippen molar-refractivity contribution < 1.29 is 8.42 Å². The topological polar surface area (TPSA) is 72.2 Å². The van der Waals surface area contributed by atoms with Crippen molar-refractivity contribution in [3.8, 4) is 0 Å². The molecule has 4 nitrogen and oxygen atoms in total. The molecule has 3 N–H and O–H groups in total. The molecule has 1 aromatic carbocycles. The summed E-state index contributed by atoms with van der Waals surface area (Å²) < 4.78 is 28.2. The lowest BCUT2D eigenvalue weighted by atomic mass is 10.2. The number of nitrogens with two attached hydrogens (primary N) is 1. The molecular weight excluding hydrogens is 380 g/mol. The summed E-state index contributed by atoms with van der Waals surface area (Å²) in [6, 6.07) is 8.38. The van der Waals surface area contributed by atoms with Crippen molar-refractivity contribution in [1.82, 2.24) is 0 Å². The van der Waals surface area contributed by atoms with Gasteiger partial charge in [0.1, 0.15) is 9.20 Å². The van der Waals surface area contributed by atoms with E-state index in [-0.39, 0.29) is 9.20 Å². The van der Waals surface area contributed by atoms with Gasteiger partial charge in [-0.1, -0.05) is 24.4 Å². The molecule has 0 aliphatic rings. The van der Waals surface area contributed by atoms with Gasteiger partial charge in [-0.2, -0.15) is 0 Å². The summed E-state index contributed by atoms with van der Waals surface area (Å²) in [5.74, 6) is 0. The number of benzene rings is 1. The average Bonchev–Trinajstić information content (AvgIpc) is 2.70. The van der Waals surface area contributed by atoms with Gasteiger partial charge in [0.15, 0.2) is 0 Å². The van der Waals surface area contributed by atoms with E-state index in [9.17, 15) is 8.42 Å². The number of aryl methyl sites for hydroxylation is 1. The number of halogens is 1. The maximum atomic E-state index is 12.3. The van der Waals surface area contributed by atoms with E-state index in [0.717, 1.165) is 20.7 Å². The molecule has 8 heteroatoms. The quantitative estimate of drug-likeness (QED) is 0.785. The molecule has 0 radical (unpaired) electrons. The van der Waals surface area contributed by atoms with E-state index in [1.165, 1.54) is 0 Å². The zero-order valence-electron chi connectivity index (χ0n) is 10.4. The van der Waals surface area contributed by atoms with Crippen molar-refractivity contribution in [2.45, 2.75) is 11.1 Å². The van der Waals surface area contributed by atoms with Crippen molar-refractivity contribution in [2.75, 3.05) is 4.72 Å². The number of rotatable bonds is 4. The number of para-hydroxylation sites is 1. The minimum Gasteiger partial charge on any atom is -0.389 e. The third-order valence-corrected chi connectivity index (χ3v) is 6.73. The maximum absolute atomic E-state index is 12.3. The van der Waals surface area contributed by atoms with Crippen LogP contribution in [0.1, 0.15) is 11.1 Å². The van der Waals surface area contributed by atoms with Crippen LogP contribution in [0.4, 0.5) is 5.69 Å². The van der Waals surface area contributed by atoms with Crippen LogP contribution < -0.4 is 10.5 Å². The fourth-order valence-electron chi connectivity index (χ4n) is 1.55. The molecule has 0 unspecified atom stereocenters. The summed E-state index contributed by atoms with van der Waals surface area (Å²) in [5, 5.41) is 0. The van der Waals surface area contributed by atoms with Crippen LogP contribution in [0.2, 0.25) is 0 Å². The second kappa shape index (κ2) is 5.80. The normalized spacial score (nSPS) is 11.3. The highest BCUT2D eigenvalue weighted by Gasteiger charge is 2.20. The predicted molar refractivity (Wildman–Crippen MR) is 89.9 cm³/mol. The lowest BCUT2D eigenvalue weighted by Gasteiger charge is -2.10. The van der Waals surface area contributed by atoms with Crippen LogP contribution in [0, 0.1) is 6.92 Å². The molecule has 0 saturated carbocycles. The van der Waals surface area contributed by atoms with E-state index < -0.39 is 10.0 Å². The zero-order valence-corrected chi connectivity index (χ0v) is 14.4. The van der Waals surface area contributed by atoms with E-state index in [4.69, 9.17) is 18.0 Å². The minimum atomic E-state index is -3.65. The summed E-state index contributed by atoms with van der Waals surface area (Å²) in [4.78, 5) is 0.145. The smallest absolute Gasteiger partial charge is 0.271 e. The van der Waals surface area contributed by atoms with E-state index in [0.29, 0.717) is 11.3 Å². The van der Waals surface area contributed by atoms with Crippen molar-refractivity contribution in [3.05, 3.63) is 45.2 Å². The van der Waals surface area contributed by atoms with Crippen LogP contribution in [0.25, 0.3) is 0 Å². The lowest BCUT2D eigenvalue weighted by Crippen LogP contribution is -2.17. The van der Waals surface area contributed by atoms with Crippen molar-refractivity contribution >= 4 is 60.2 Å². The number of hydrogen-bond donors (Lipinski definition) is 2. The molecule has 0 atom stereocenters. The average molecular weight is 391 g/mol. The molecule has 2 aromatic rings. The Balaban J connectivity index is 2.41. The van der Waals surface area contributed by atoms with Crippen molar-refractivity contribution in [3.63, 3.8) is 0 Å². The lowest BCUT2D eigenvalue weighted by molar-refractivity contribution is 0.603. The Kier molecular flexibility index (Phi) is 4.48. The second-order valence-corrected chi connectivity index (χ2v) is 8.76. The molecule has 20 heavy (non-hydrogen) atoms. The Labute approximate surface area is 135 Å². The number of nitrogens with one attached hydrogen (secondary N) is 1. The van der Waals surface area contributed by atoms with Gasteiger partial charge in [-0.15, -0.1) is 11.3 Å². The monoisotopic (exact) mass is 390 g/mol. The number of anilines is 1. The minimum absolute atomic E-state index is 0.145. The molecule has 2 rings (SSSR count). The Morgan fingerprint density at radius 3 is 2.60 bits per heavy atom. The van der Waals surface area contributed by atoms with E-state index in [1.54, 1.807) is 30.3 Å². The number of thiophene rings is 1. The highest BCUT2D eigenvalue weighted by molar-refractivity contribution is 9.11. The van der Waals surface area contributed by atoms with Crippen molar-refractivity contribution in [2.24, 2.45) is 5.73 Å². The van der Waals surface area contributed by atoms with Gasteiger partial charge in [0.05, 0.1) is 9.47 Å². The summed E-state index contributed by atoms with van der Waals surface area (Å²) >= 11 is 9.39. The summed E-state index contributed by atoms with van der Waals surface area (Å²) in [6.07, 6.45) is 0. The molecule has 0 aliphatic heterocycles. The standard InChI is InChI=1S/C12H11BrN2O2S3/c1-7-6-10(19-11(7)13)20(16,17)15-9-5-3-2-4-8(9)12(14)18/h2-6,15H,1H3,(H2,14,18).